The molecule has 1 amide bonds. The molecule has 0 aromatic heterocycles. The summed E-state index contributed by atoms with van der Waals surface area (Å²) in [6.07, 6.45) is 0.886. The minimum Gasteiger partial charge on any atom is -0.352 e. The van der Waals surface area contributed by atoms with Gasteiger partial charge in [-0.05, 0) is 12.0 Å². The van der Waals surface area contributed by atoms with Crippen LogP contribution in [0.4, 0.5) is 5.69 Å². The summed E-state index contributed by atoms with van der Waals surface area (Å²) in [6.45, 7) is 5.77. The summed E-state index contributed by atoms with van der Waals surface area (Å²) in [6, 6.07) is 6.58. The van der Waals surface area contributed by atoms with Crippen LogP contribution in [0.1, 0.15) is 25.8 Å². The number of hydrogen-bond acceptors (Lipinski definition) is 4. The van der Waals surface area contributed by atoms with Gasteiger partial charge in [-0.1, -0.05) is 26.0 Å². The maximum atomic E-state index is 12.0. The molecule has 1 atom stereocenters. The van der Waals surface area contributed by atoms with Gasteiger partial charge in [-0.3, -0.25) is 19.9 Å². The second kappa shape index (κ2) is 8.46. The highest BCUT2D eigenvalue weighted by Crippen LogP contribution is 2.13. The minimum absolute atomic E-state index is 0.0123. The van der Waals surface area contributed by atoms with Gasteiger partial charge in [0, 0.05) is 50.8 Å². The van der Waals surface area contributed by atoms with Crippen LogP contribution in [0.15, 0.2) is 29.3 Å². The van der Waals surface area contributed by atoms with Crippen molar-refractivity contribution in [1.29, 1.82) is 0 Å². The molecule has 1 fully saturated rings. The molecule has 1 aromatic rings. The lowest BCUT2D eigenvalue weighted by atomic mass is 10.2. The first-order valence-corrected chi connectivity index (χ1v) is 8.40. The van der Waals surface area contributed by atoms with Crippen molar-refractivity contribution in [3.63, 3.8) is 0 Å². The first kappa shape index (κ1) is 18.7. The Bertz CT molecular complexity index is 642. The van der Waals surface area contributed by atoms with Crippen LogP contribution in [0.2, 0.25) is 0 Å². The Morgan fingerprint density at radius 3 is 2.64 bits per heavy atom. The van der Waals surface area contributed by atoms with E-state index in [1.165, 1.54) is 12.1 Å². The molecule has 25 heavy (non-hydrogen) atoms. The lowest BCUT2D eigenvalue weighted by Crippen LogP contribution is -2.45. The van der Waals surface area contributed by atoms with Crippen molar-refractivity contribution in [1.82, 2.24) is 15.5 Å². The van der Waals surface area contributed by atoms with Crippen LogP contribution < -0.4 is 10.6 Å². The standard InChI is InChI=1S/C17H25N5O3/c1-12(2)16(23)21-9-8-14(11-21)20-17(18-3)19-10-13-4-6-15(7-5-13)22(24)25/h4-7,12,14H,8-11H2,1-3H3,(H2,18,19,20). The Hall–Kier alpha value is -2.64. The Labute approximate surface area is 147 Å². The molecule has 0 saturated carbocycles. The van der Waals surface area contributed by atoms with E-state index in [0.29, 0.717) is 19.0 Å². The number of nitrogens with one attached hydrogen (secondary N) is 2. The van der Waals surface area contributed by atoms with E-state index in [-0.39, 0.29) is 23.6 Å². The molecule has 136 valence electrons. The molecule has 1 saturated heterocycles. The van der Waals surface area contributed by atoms with Crippen LogP contribution in [0, 0.1) is 16.0 Å². The van der Waals surface area contributed by atoms with E-state index in [1.807, 2.05) is 18.7 Å². The number of carbonyl (C=O) groups excluding carboxylic acids is 1. The zero-order valence-electron chi connectivity index (χ0n) is 14.9. The van der Waals surface area contributed by atoms with Gasteiger partial charge in [-0.2, -0.15) is 0 Å². The monoisotopic (exact) mass is 347 g/mol. The summed E-state index contributed by atoms with van der Waals surface area (Å²) in [4.78, 5) is 28.4. The molecular formula is C17H25N5O3. The number of likely N-dealkylation sites (tertiary alicyclic amines) is 1. The Kier molecular flexibility index (Phi) is 6.32. The van der Waals surface area contributed by atoms with Gasteiger partial charge in [0.2, 0.25) is 5.91 Å². The van der Waals surface area contributed by atoms with E-state index in [9.17, 15) is 14.9 Å². The molecule has 8 nitrogen and oxygen atoms in total. The van der Waals surface area contributed by atoms with Crippen molar-refractivity contribution in [2.45, 2.75) is 32.9 Å². The number of nitro benzene ring substituents is 1. The molecule has 0 bridgehead atoms. The van der Waals surface area contributed by atoms with Gasteiger partial charge in [0.25, 0.3) is 5.69 Å². The smallest absolute Gasteiger partial charge is 0.269 e. The highest BCUT2D eigenvalue weighted by molar-refractivity contribution is 5.81. The van der Waals surface area contributed by atoms with E-state index in [2.05, 4.69) is 15.6 Å². The van der Waals surface area contributed by atoms with Crippen molar-refractivity contribution in [2.75, 3.05) is 20.1 Å². The van der Waals surface area contributed by atoms with Crippen LogP contribution in [0.3, 0.4) is 0 Å². The molecule has 8 heteroatoms. The molecule has 2 N–H and O–H groups in total. The lowest BCUT2D eigenvalue weighted by Gasteiger charge is -2.20. The molecule has 0 spiro atoms. The molecule has 1 aromatic carbocycles. The SMILES string of the molecule is CN=C(NCc1ccc([N+](=O)[O-])cc1)NC1CCN(C(=O)C(C)C)C1. The maximum absolute atomic E-state index is 12.0. The predicted octanol–water partition coefficient (Wildman–Crippen LogP) is 1.52. The number of nitrogens with zero attached hydrogens (tertiary/aromatic N) is 3. The maximum Gasteiger partial charge on any atom is 0.269 e. The van der Waals surface area contributed by atoms with Crippen LogP contribution in [0.25, 0.3) is 0 Å². The fraction of sp³-hybridized carbons (Fsp3) is 0.529. The fourth-order valence-corrected chi connectivity index (χ4v) is 2.75. The van der Waals surface area contributed by atoms with Crippen LogP contribution >= 0.6 is 0 Å². The predicted molar refractivity (Wildman–Crippen MR) is 96.3 cm³/mol. The molecule has 1 heterocycles. The zero-order valence-corrected chi connectivity index (χ0v) is 14.9. The van der Waals surface area contributed by atoms with Crippen LogP contribution in [0.5, 0.6) is 0 Å². The first-order valence-electron chi connectivity index (χ1n) is 8.40. The number of guanidine groups is 1. The van der Waals surface area contributed by atoms with Crippen molar-refractivity contribution in [2.24, 2.45) is 10.9 Å². The van der Waals surface area contributed by atoms with Crippen molar-refractivity contribution in [3.05, 3.63) is 39.9 Å². The van der Waals surface area contributed by atoms with Crippen molar-refractivity contribution >= 4 is 17.6 Å². The second-order valence-electron chi connectivity index (χ2n) is 6.42. The van der Waals surface area contributed by atoms with E-state index >= 15 is 0 Å². The molecule has 0 aliphatic carbocycles. The fourth-order valence-electron chi connectivity index (χ4n) is 2.75. The summed E-state index contributed by atoms with van der Waals surface area (Å²) >= 11 is 0. The number of carbonyl (C=O) groups is 1. The quantitative estimate of drug-likeness (QED) is 0.364. The van der Waals surface area contributed by atoms with Gasteiger partial charge in [-0.15, -0.1) is 0 Å². The number of aliphatic imine (C=N–C) groups is 1. The van der Waals surface area contributed by atoms with Crippen molar-refractivity contribution in [3.8, 4) is 0 Å². The number of amides is 1. The summed E-state index contributed by atoms with van der Waals surface area (Å²) in [5.74, 6) is 0.846. The highest BCUT2D eigenvalue weighted by Gasteiger charge is 2.27. The number of nitro groups is 1. The second-order valence-corrected chi connectivity index (χ2v) is 6.42. The molecule has 1 aliphatic heterocycles. The molecule has 1 unspecified atom stereocenters. The molecule has 2 rings (SSSR count). The average molecular weight is 347 g/mol. The summed E-state index contributed by atoms with van der Waals surface area (Å²) in [5.41, 5.74) is 1.00. The molecular weight excluding hydrogens is 322 g/mol. The number of benzene rings is 1. The third-order valence-corrected chi connectivity index (χ3v) is 4.17. The zero-order chi connectivity index (χ0) is 18.4. The molecule has 1 aliphatic rings. The van der Waals surface area contributed by atoms with E-state index in [1.54, 1.807) is 19.2 Å². The number of non-ortho nitro benzene ring substituents is 1. The van der Waals surface area contributed by atoms with Gasteiger partial charge < -0.3 is 15.5 Å². The van der Waals surface area contributed by atoms with Crippen LogP contribution in [-0.2, 0) is 11.3 Å². The van der Waals surface area contributed by atoms with E-state index in [4.69, 9.17) is 0 Å². The van der Waals surface area contributed by atoms with Gasteiger partial charge in [0.1, 0.15) is 0 Å². The lowest BCUT2D eigenvalue weighted by molar-refractivity contribution is -0.384. The topological polar surface area (TPSA) is 99.9 Å². The minimum atomic E-state index is -0.415. The Morgan fingerprint density at radius 2 is 2.08 bits per heavy atom. The Balaban J connectivity index is 1.83. The van der Waals surface area contributed by atoms with Crippen molar-refractivity contribution < 1.29 is 9.72 Å². The number of rotatable bonds is 5. The summed E-state index contributed by atoms with van der Waals surface area (Å²) < 4.78 is 0. The molecule has 0 radical (unpaired) electrons. The van der Waals surface area contributed by atoms with Gasteiger partial charge in [0.15, 0.2) is 5.96 Å². The average Bonchev–Trinajstić information content (AvgIpc) is 3.06. The first-order chi connectivity index (χ1) is 11.9. The highest BCUT2D eigenvalue weighted by atomic mass is 16.6. The third-order valence-electron chi connectivity index (χ3n) is 4.17. The largest absolute Gasteiger partial charge is 0.352 e. The Morgan fingerprint density at radius 1 is 1.40 bits per heavy atom. The van der Waals surface area contributed by atoms with Gasteiger partial charge in [-0.25, -0.2) is 0 Å². The van der Waals surface area contributed by atoms with E-state index in [0.717, 1.165) is 18.5 Å². The van der Waals surface area contributed by atoms with E-state index < -0.39 is 4.92 Å². The normalized spacial score (nSPS) is 17.7. The third kappa shape index (κ3) is 5.17. The van der Waals surface area contributed by atoms with Gasteiger partial charge >= 0.3 is 0 Å². The van der Waals surface area contributed by atoms with Crippen LogP contribution in [-0.4, -0.2) is 47.9 Å². The number of hydrogen-bond donors (Lipinski definition) is 2. The summed E-state index contributed by atoms with van der Waals surface area (Å²) in [7, 11) is 1.69. The van der Waals surface area contributed by atoms with Gasteiger partial charge in [0.05, 0.1) is 4.92 Å². The summed E-state index contributed by atoms with van der Waals surface area (Å²) in [5, 5.41) is 17.2.